The minimum atomic E-state index is 0.0376. The maximum Gasteiger partial charge on any atom is 0.224 e. The first kappa shape index (κ1) is 17.3. The van der Waals surface area contributed by atoms with Gasteiger partial charge in [0.2, 0.25) is 5.91 Å². The van der Waals surface area contributed by atoms with E-state index in [-0.39, 0.29) is 17.9 Å². The Bertz CT molecular complexity index is 553. The van der Waals surface area contributed by atoms with E-state index in [1.165, 1.54) is 18.4 Å². The SMILES string of the molecule is CC(C)COc1ccc(CCNC(=O)C2C3CCC(C3)C2N)cc1. The second kappa shape index (κ2) is 7.56. The van der Waals surface area contributed by atoms with Crippen LogP contribution in [0.4, 0.5) is 0 Å². The lowest BCUT2D eigenvalue weighted by Gasteiger charge is -2.27. The molecule has 1 aromatic rings. The summed E-state index contributed by atoms with van der Waals surface area (Å²) in [5.74, 6) is 2.72. The number of rotatable bonds is 7. The first-order valence-electron chi connectivity index (χ1n) is 9.29. The van der Waals surface area contributed by atoms with E-state index in [2.05, 4.69) is 31.3 Å². The van der Waals surface area contributed by atoms with Gasteiger partial charge in [0.05, 0.1) is 12.5 Å². The Morgan fingerprint density at radius 1 is 1.25 bits per heavy atom. The van der Waals surface area contributed by atoms with Gasteiger partial charge >= 0.3 is 0 Å². The summed E-state index contributed by atoms with van der Waals surface area (Å²) in [5.41, 5.74) is 7.45. The van der Waals surface area contributed by atoms with E-state index < -0.39 is 0 Å². The number of fused-ring (bicyclic) bond motifs is 2. The van der Waals surface area contributed by atoms with Crippen molar-refractivity contribution < 1.29 is 9.53 Å². The van der Waals surface area contributed by atoms with Gasteiger partial charge in [-0.3, -0.25) is 4.79 Å². The van der Waals surface area contributed by atoms with E-state index in [9.17, 15) is 4.79 Å². The van der Waals surface area contributed by atoms with E-state index in [4.69, 9.17) is 10.5 Å². The molecule has 132 valence electrons. The highest BCUT2D eigenvalue weighted by molar-refractivity contribution is 5.80. The number of nitrogens with two attached hydrogens (primary N) is 1. The first-order valence-corrected chi connectivity index (χ1v) is 9.29. The van der Waals surface area contributed by atoms with E-state index >= 15 is 0 Å². The van der Waals surface area contributed by atoms with Gasteiger partial charge in [-0.05, 0) is 61.1 Å². The predicted octanol–water partition coefficient (Wildman–Crippen LogP) is 2.75. The van der Waals surface area contributed by atoms with Crippen molar-refractivity contribution in [1.29, 1.82) is 0 Å². The molecule has 1 aromatic carbocycles. The molecule has 0 heterocycles. The molecule has 0 aromatic heterocycles. The molecule has 2 fully saturated rings. The Morgan fingerprint density at radius 3 is 2.58 bits per heavy atom. The lowest BCUT2D eigenvalue weighted by Crippen LogP contribution is -2.45. The number of ether oxygens (including phenoxy) is 1. The second-order valence-electron chi connectivity index (χ2n) is 7.83. The molecule has 2 aliphatic rings. The molecule has 0 aliphatic heterocycles. The first-order chi connectivity index (χ1) is 11.5. The summed E-state index contributed by atoms with van der Waals surface area (Å²) in [6, 6.07) is 8.23. The Hall–Kier alpha value is -1.55. The molecule has 0 radical (unpaired) electrons. The van der Waals surface area contributed by atoms with Crippen molar-refractivity contribution in [1.82, 2.24) is 5.32 Å². The van der Waals surface area contributed by atoms with Crippen molar-refractivity contribution in [2.45, 2.75) is 45.6 Å². The summed E-state index contributed by atoms with van der Waals surface area (Å²) in [7, 11) is 0. The fourth-order valence-electron chi connectivity index (χ4n) is 4.19. The highest BCUT2D eigenvalue weighted by Gasteiger charge is 2.48. The maximum atomic E-state index is 12.4. The van der Waals surface area contributed by atoms with Crippen molar-refractivity contribution in [2.75, 3.05) is 13.2 Å². The number of nitrogens with one attached hydrogen (secondary N) is 1. The summed E-state index contributed by atoms with van der Waals surface area (Å²) in [4.78, 5) is 12.4. The molecule has 0 saturated heterocycles. The lowest BCUT2D eigenvalue weighted by molar-refractivity contribution is -0.127. The maximum absolute atomic E-state index is 12.4. The Morgan fingerprint density at radius 2 is 1.96 bits per heavy atom. The van der Waals surface area contributed by atoms with Crippen LogP contribution in [0.3, 0.4) is 0 Å². The fraction of sp³-hybridized carbons (Fsp3) is 0.650. The van der Waals surface area contributed by atoms with Gasteiger partial charge in [0, 0.05) is 12.6 Å². The van der Waals surface area contributed by atoms with Gasteiger partial charge in [-0.25, -0.2) is 0 Å². The van der Waals surface area contributed by atoms with Crippen LogP contribution in [-0.4, -0.2) is 25.1 Å². The molecular weight excluding hydrogens is 300 g/mol. The fourth-order valence-corrected chi connectivity index (χ4v) is 4.19. The molecular formula is C20H30N2O2. The molecule has 4 unspecified atom stereocenters. The van der Waals surface area contributed by atoms with Gasteiger partial charge in [-0.2, -0.15) is 0 Å². The summed E-state index contributed by atoms with van der Waals surface area (Å²) in [5, 5.41) is 3.09. The van der Waals surface area contributed by atoms with E-state index in [1.807, 2.05) is 12.1 Å². The van der Waals surface area contributed by atoms with Crippen molar-refractivity contribution >= 4 is 5.91 Å². The van der Waals surface area contributed by atoms with Crippen LogP contribution in [0, 0.1) is 23.7 Å². The number of benzene rings is 1. The molecule has 1 amide bonds. The third kappa shape index (κ3) is 3.92. The van der Waals surface area contributed by atoms with Crippen LogP contribution in [0.25, 0.3) is 0 Å². The molecule has 2 bridgehead atoms. The molecule has 3 rings (SSSR count). The highest BCUT2D eigenvalue weighted by atomic mass is 16.5. The Labute approximate surface area is 145 Å². The zero-order valence-electron chi connectivity index (χ0n) is 14.8. The molecule has 3 N–H and O–H groups in total. The minimum absolute atomic E-state index is 0.0376. The van der Waals surface area contributed by atoms with Gasteiger partial charge < -0.3 is 15.8 Å². The Balaban J connectivity index is 1.42. The largest absolute Gasteiger partial charge is 0.493 e. The molecule has 2 saturated carbocycles. The zero-order chi connectivity index (χ0) is 17.1. The van der Waals surface area contributed by atoms with Crippen LogP contribution in [-0.2, 0) is 11.2 Å². The van der Waals surface area contributed by atoms with E-state index in [0.717, 1.165) is 25.2 Å². The molecule has 4 atom stereocenters. The number of carbonyl (C=O) groups is 1. The van der Waals surface area contributed by atoms with Crippen LogP contribution >= 0.6 is 0 Å². The second-order valence-corrected chi connectivity index (χ2v) is 7.83. The summed E-state index contributed by atoms with van der Waals surface area (Å²) < 4.78 is 5.69. The lowest BCUT2D eigenvalue weighted by atomic mass is 9.84. The van der Waals surface area contributed by atoms with Gasteiger partial charge in [-0.15, -0.1) is 0 Å². The highest BCUT2D eigenvalue weighted by Crippen LogP contribution is 2.47. The van der Waals surface area contributed by atoms with Gasteiger partial charge in [0.25, 0.3) is 0 Å². The zero-order valence-corrected chi connectivity index (χ0v) is 14.8. The Kier molecular flexibility index (Phi) is 5.44. The smallest absolute Gasteiger partial charge is 0.224 e. The molecule has 4 nitrogen and oxygen atoms in total. The molecule has 2 aliphatic carbocycles. The van der Waals surface area contributed by atoms with Crippen LogP contribution in [0.15, 0.2) is 24.3 Å². The monoisotopic (exact) mass is 330 g/mol. The quantitative estimate of drug-likeness (QED) is 0.808. The third-order valence-corrected chi connectivity index (χ3v) is 5.50. The predicted molar refractivity (Wildman–Crippen MR) is 95.8 cm³/mol. The van der Waals surface area contributed by atoms with Gasteiger partial charge in [0.1, 0.15) is 5.75 Å². The van der Waals surface area contributed by atoms with Crippen LogP contribution in [0.2, 0.25) is 0 Å². The number of hydrogen-bond acceptors (Lipinski definition) is 3. The number of carbonyl (C=O) groups excluding carboxylic acids is 1. The summed E-state index contributed by atoms with van der Waals surface area (Å²) in [6.07, 6.45) is 4.37. The third-order valence-electron chi connectivity index (χ3n) is 5.50. The molecule has 0 spiro atoms. The van der Waals surface area contributed by atoms with Gasteiger partial charge in [0.15, 0.2) is 0 Å². The van der Waals surface area contributed by atoms with Crippen molar-refractivity contribution in [3.63, 3.8) is 0 Å². The number of hydrogen-bond donors (Lipinski definition) is 2. The van der Waals surface area contributed by atoms with Crippen LogP contribution in [0.1, 0.15) is 38.7 Å². The summed E-state index contributed by atoms with van der Waals surface area (Å²) in [6.45, 7) is 5.68. The van der Waals surface area contributed by atoms with Crippen LogP contribution < -0.4 is 15.8 Å². The van der Waals surface area contributed by atoms with Crippen molar-refractivity contribution in [3.05, 3.63) is 29.8 Å². The standard InChI is InChI=1S/C20H30N2O2/c1-13(2)12-24-17-7-3-14(4-8-17)9-10-22-20(23)18-15-5-6-16(11-15)19(18)21/h3-4,7-8,13,15-16,18-19H,5-6,9-12,21H2,1-2H3,(H,22,23). The average Bonchev–Trinajstić information content (AvgIpc) is 3.15. The summed E-state index contributed by atoms with van der Waals surface area (Å²) >= 11 is 0. The minimum Gasteiger partial charge on any atom is -0.493 e. The number of amides is 1. The van der Waals surface area contributed by atoms with E-state index in [0.29, 0.717) is 24.3 Å². The van der Waals surface area contributed by atoms with Crippen molar-refractivity contribution in [3.8, 4) is 5.75 Å². The normalized spacial score (nSPS) is 28.3. The van der Waals surface area contributed by atoms with E-state index in [1.54, 1.807) is 0 Å². The van der Waals surface area contributed by atoms with Gasteiger partial charge in [-0.1, -0.05) is 26.0 Å². The molecule has 24 heavy (non-hydrogen) atoms. The average molecular weight is 330 g/mol. The topological polar surface area (TPSA) is 64.3 Å². The molecule has 4 heteroatoms. The van der Waals surface area contributed by atoms with Crippen LogP contribution in [0.5, 0.6) is 5.75 Å². The van der Waals surface area contributed by atoms with Crippen molar-refractivity contribution in [2.24, 2.45) is 29.4 Å².